The Kier molecular flexibility index (Phi) is 9.06. The molecule has 30 heavy (non-hydrogen) atoms. The Morgan fingerprint density at radius 3 is 2.27 bits per heavy atom. The Balaban J connectivity index is 1.42. The topological polar surface area (TPSA) is 26.3 Å². The maximum Gasteiger partial charge on any atom is 0.314 e. The summed E-state index contributed by atoms with van der Waals surface area (Å²) in [5.74, 6) is 9.42. The summed E-state index contributed by atoms with van der Waals surface area (Å²) in [7, 11) is 0. The van der Waals surface area contributed by atoms with Crippen LogP contribution < -0.4 is 4.74 Å². The van der Waals surface area contributed by atoms with Crippen LogP contribution in [-0.2, 0) is 4.79 Å². The number of rotatable bonds is 6. The largest absolute Gasteiger partial charge is 0.426 e. The highest BCUT2D eigenvalue weighted by molar-refractivity contribution is 5.75. The van der Waals surface area contributed by atoms with Crippen LogP contribution in [0.2, 0.25) is 0 Å². The maximum atomic E-state index is 12.4. The third-order valence-corrected chi connectivity index (χ3v) is 7.09. The number of benzene rings is 1. The Morgan fingerprint density at radius 2 is 1.63 bits per heavy atom. The van der Waals surface area contributed by atoms with Crippen molar-refractivity contribution >= 4 is 5.97 Å². The van der Waals surface area contributed by atoms with Crippen LogP contribution in [0.25, 0.3) is 0 Å². The van der Waals surface area contributed by atoms with Gasteiger partial charge < -0.3 is 4.74 Å². The molecule has 0 unspecified atom stereocenters. The van der Waals surface area contributed by atoms with Gasteiger partial charge in [0, 0.05) is 5.56 Å². The number of hydrogen-bond acceptors (Lipinski definition) is 2. The third-order valence-electron chi connectivity index (χ3n) is 7.09. The van der Waals surface area contributed by atoms with Gasteiger partial charge in [-0.25, -0.2) is 0 Å². The Hall–Kier alpha value is -2.01. The summed E-state index contributed by atoms with van der Waals surface area (Å²) in [4.78, 5) is 12.4. The van der Waals surface area contributed by atoms with Crippen LogP contribution in [0.5, 0.6) is 5.75 Å². The molecule has 2 aliphatic rings. The van der Waals surface area contributed by atoms with Crippen molar-refractivity contribution in [3.05, 3.63) is 42.0 Å². The van der Waals surface area contributed by atoms with Gasteiger partial charge in [-0.05, 0) is 99.5 Å². The molecule has 0 heterocycles. The lowest BCUT2D eigenvalue weighted by molar-refractivity contribution is -0.140. The minimum atomic E-state index is -0.0695. The Morgan fingerprint density at radius 1 is 0.967 bits per heavy atom. The van der Waals surface area contributed by atoms with Gasteiger partial charge in [-0.2, -0.15) is 0 Å². The summed E-state index contributed by atoms with van der Waals surface area (Å²) in [5, 5.41) is 0. The number of carbonyl (C=O) groups excluding carboxylic acids is 1. The molecule has 0 aromatic heterocycles. The molecule has 3 rings (SSSR count). The van der Waals surface area contributed by atoms with Crippen LogP contribution >= 0.6 is 0 Å². The molecule has 162 valence electrons. The summed E-state index contributed by atoms with van der Waals surface area (Å²) in [6, 6.07) is 7.59. The minimum Gasteiger partial charge on any atom is -0.426 e. The monoisotopic (exact) mass is 406 g/mol. The first-order valence-corrected chi connectivity index (χ1v) is 12.2. The normalized spacial score (nSPS) is 26.7. The minimum absolute atomic E-state index is 0.0643. The molecule has 0 saturated heterocycles. The average molecular weight is 407 g/mol. The molecule has 1 aromatic carbocycles. The molecule has 0 radical (unpaired) electrons. The molecule has 2 nitrogen and oxygen atoms in total. The average Bonchev–Trinajstić information content (AvgIpc) is 2.79. The quantitative estimate of drug-likeness (QED) is 0.281. The van der Waals surface area contributed by atoms with Gasteiger partial charge in [-0.1, -0.05) is 51.0 Å². The van der Waals surface area contributed by atoms with E-state index in [4.69, 9.17) is 4.74 Å². The van der Waals surface area contributed by atoms with Gasteiger partial charge in [-0.3, -0.25) is 4.79 Å². The first-order valence-electron chi connectivity index (χ1n) is 12.2. The van der Waals surface area contributed by atoms with Crippen LogP contribution in [-0.4, -0.2) is 5.97 Å². The van der Waals surface area contributed by atoms with Gasteiger partial charge in [0.25, 0.3) is 0 Å². The molecule has 0 amide bonds. The molecule has 2 aliphatic carbocycles. The van der Waals surface area contributed by atoms with Gasteiger partial charge in [0.2, 0.25) is 0 Å². The molecule has 0 N–H and O–H groups in total. The summed E-state index contributed by atoms with van der Waals surface area (Å²) in [6.45, 7) is 4.53. The van der Waals surface area contributed by atoms with E-state index in [9.17, 15) is 4.79 Å². The van der Waals surface area contributed by atoms with E-state index in [2.05, 4.69) is 31.8 Å². The lowest BCUT2D eigenvalue weighted by Gasteiger charge is -2.26. The maximum absolute atomic E-state index is 12.4. The lowest BCUT2D eigenvalue weighted by atomic mass is 9.80. The molecule has 0 spiro atoms. The molecule has 0 bridgehead atoms. The van der Waals surface area contributed by atoms with Crippen molar-refractivity contribution in [2.45, 2.75) is 84.5 Å². The summed E-state index contributed by atoms with van der Waals surface area (Å²) in [6.07, 6.45) is 17.8. The van der Waals surface area contributed by atoms with E-state index in [1.807, 2.05) is 30.3 Å². The van der Waals surface area contributed by atoms with Crippen LogP contribution in [0.3, 0.4) is 0 Å². The summed E-state index contributed by atoms with van der Waals surface area (Å²) in [5.41, 5.74) is 0.953. The molecule has 2 fully saturated rings. The molecule has 1 aromatic rings. The second-order valence-corrected chi connectivity index (χ2v) is 9.27. The fourth-order valence-electron chi connectivity index (χ4n) is 5.00. The zero-order valence-corrected chi connectivity index (χ0v) is 18.9. The fourth-order valence-corrected chi connectivity index (χ4v) is 5.00. The number of hydrogen-bond donors (Lipinski definition) is 0. The van der Waals surface area contributed by atoms with Crippen molar-refractivity contribution in [3.8, 4) is 17.6 Å². The second kappa shape index (κ2) is 12.0. The highest BCUT2D eigenvalue weighted by Crippen LogP contribution is 2.32. The lowest BCUT2D eigenvalue weighted by Crippen LogP contribution is -2.25. The van der Waals surface area contributed by atoms with Gasteiger partial charge in [-0.15, -0.1) is 0 Å². The number of allylic oxidation sites excluding steroid dienone is 2. The van der Waals surface area contributed by atoms with Crippen molar-refractivity contribution < 1.29 is 9.53 Å². The zero-order valence-electron chi connectivity index (χ0n) is 18.9. The van der Waals surface area contributed by atoms with Gasteiger partial charge >= 0.3 is 5.97 Å². The summed E-state index contributed by atoms with van der Waals surface area (Å²) < 4.78 is 5.61. The van der Waals surface area contributed by atoms with E-state index < -0.39 is 0 Å². The van der Waals surface area contributed by atoms with Crippen LogP contribution in [0.15, 0.2) is 36.4 Å². The van der Waals surface area contributed by atoms with E-state index in [-0.39, 0.29) is 11.9 Å². The van der Waals surface area contributed by atoms with Crippen LogP contribution in [0, 0.1) is 35.5 Å². The van der Waals surface area contributed by atoms with Gasteiger partial charge in [0.1, 0.15) is 5.75 Å². The molecular weight excluding hydrogens is 368 g/mol. The first-order chi connectivity index (χ1) is 14.7. The van der Waals surface area contributed by atoms with Crippen molar-refractivity contribution in [1.82, 2.24) is 0 Å². The van der Waals surface area contributed by atoms with E-state index in [1.54, 1.807) is 0 Å². The SMILES string of the molecule is CCC[C@H]1CC[C@H](C=CC#Cc2ccc(OC(=O)[C@H]3CC[C@H](CC)CC3)cc2)CC1. The molecule has 2 saturated carbocycles. The predicted molar refractivity (Wildman–Crippen MR) is 124 cm³/mol. The van der Waals surface area contributed by atoms with Crippen molar-refractivity contribution in [2.24, 2.45) is 23.7 Å². The van der Waals surface area contributed by atoms with Crippen molar-refractivity contribution in [1.29, 1.82) is 0 Å². The van der Waals surface area contributed by atoms with E-state index >= 15 is 0 Å². The number of esters is 1. The van der Waals surface area contributed by atoms with E-state index in [0.29, 0.717) is 11.7 Å². The molecule has 0 aliphatic heterocycles. The fraction of sp³-hybridized carbons (Fsp3) is 0.607. The first kappa shape index (κ1) is 22.7. The summed E-state index contributed by atoms with van der Waals surface area (Å²) >= 11 is 0. The van der Waals surface area contributed by atoms with Gasteiger partial charge in [0.05, 0.1) is 5.92 Å². The van der Waals surface area contributed by atoms with Crippen molar-refractivity contribution in [3.63, 3.8) is 0 Å². The van der Waals surface area contributed by atoms with Crippen LogP contribution in [0.1, 0.15) is 90.0 Å². The number of ether oxygens (including phenoxy) is 1. The van der Waals surface area contributed by atoms with E-state index in [0.717, 1.165) is 43.1 Å². The predicted octanol–water partition coefficient (Wildman–Crippen LogP) is 7.32. The Labute approximate surface area is 183 Å². The van der Waals surface area contributed by atoms with Crippen LogP contribution in [0.4, 0.5) is 0 Å². The van der Waals surface area contributed by atoms with E-state index in [1.165, 1.54) is 44.9 Å². The molecule has 0 atom stereocenters. The van der Waals surface area contributed by atoms with Gasteiger partial charge in [0.15, 0.2) is 0 Å². The third kappa shape index (κ3) is 7.05. The second-order valence-electron chi connectivity index (χ2n) is 9.27. The number of carbonyl (C=O) groups is 1. The highest BCUT2D eigenvalue weighted by atomic mass is 16.5. The Bertz CT molecular complexity index is 733. The standard InChI is InChI=1S/C28H38O2/c1-3-7-23-10-12-24(13-11-23)8-5-6-9-25-16-20-27(21-17-25)30-28(29)26-18-14-22(4-2)15-19-26/h5,8,16-17,20-24,26H,3-4,7,10-15,18-19H2,1-2H3/t22-,23-,24-,26-. The molecular formula is C28H38O2. The zero-order chi connectivity index (χ0) is 21.2. The highest BCUT2D eigenvalue weighted by Gasteiger charge is 2.27. The molecule has 2 heteroatoms. The van der Waals surface area contributed by atoms with Crippen molar-refractivity contribution in [2.75, 3.05) is 0 Å². The smallest absolute Gasteiger partial charge is 0.314 e.